The van der Waals surface area contributed by atoms with Crippen LogP contribution in [0.2, 0.25) is 0 Å². The van der Waals surface area contributed by atoms with E-state index >= 15 is 0 Å². The topological polar surface area (TPSA) is 178 Å². The lowest BCUT2D eigenvalue weighted by Crippen LogP contribution is -2.71. The van der Waals surface area contributed by atoms with Crippen molar-refractivity contribution < 1.29 is 38.9 Å². The first-order valence-corrected chi connectivity index (χ1v) is 12.6. The van der Waals surface area contributed by atoms with E-state index in [1.165, 1.54) is 48.0 Å². The number of carboxylic acid groups (broad SMARTS) is 1. The molecule has 0 bridgehead atoms. The molecule has 1 aromatic heterocycles. The van der Waals surface area contributed by atoms with Crippen molar-refractivity contribution in [3.8, 4) is 5.75 Å². The number of nitrogens with one attached hydrogen (secondary N) is 3. The van der Waals surface area contributed by atoms with Crippen molar-refractivity contribution in [1.82, 2.24) is 20.5 Å². The number of β-lactam (4-membered cyclic amide) rings is 1. The Morgan fingerprint density at radius 3 is 2.37 bits per heavy atom. The summed E-state index contributed by atoms with van der Waals surface area (Å²) in [6, 6.07) is 2.32. The number of methoxy groups -OCH3 is 1. The number of esters is 1. The van der Waals surface area contributed by atoms with Gasteiger partial charge in [-0.3, -0.25) is 14.4 Å². The zero-order chi connectivity index (χ0) is 28.1. The van der Waals surface area contributed by atoms with E-state index in [1.807, 2.05) is 0 Å². The highest BCUT2D eigenvalue weighted by Crippen LogP contribution is 2.50. The summed E-state index contributed by atoms with van der Waals surface area (Å²) in [6.45, 7) is 6.63. The number of nitrogens with zero attached hydrogens (tertiary/aromatic N) is 1. The minimum Gasteiger partial charge on any atom is -0.508 e. The van der Waals surface area contributed by atoms with Crippen molar-refractivity contribution in [1.29, 1.82) is 0 Å². The Kier molecular flexibility index (Phi) is 6.91. The summed E-state index contributed by atoms with van der Waals surface area (Å²) < 4.78 is 4.01. The highest BCUT2D eigenvalue weighted by atomic mass is 32.2. The largest absolute Gasteiger partial charge is 0.508 e. The molecular weight excluding hydrogens is 516 g/mol. The highest BCUT2D eigenvalue weighted by Gasteiger charge is 2.64. The number of aliphatic carboxylic acids is 1. The van der Waals surface area contributed by atoms with Crippen LogP contribution in [0.25, 0.3) is 0 Å². The van der Waals surface area contributed by atoms with E-state index in [-0.39, 0.29) is 17.0 Å². The summed E-state index contributed by atoms with van der Waals surface area (Å²) in [5.41, 5.74) is 1.35. The number of benzene rings is 1. The summed E-state index contributed by atoms with van der Waals surface area (Å²) in [5, 5.41) is 24.0. The van der Waals surface area contributed by atoms with Crippen molar-refractivity contribution in [2.75, 3.05) is 7.11 Å². The first kappa shape index (κ1) is 27.0. The Bertz CT molecular complexity index is 1340. The van der Waals surface area contributed by atoms with E-state index < -0.39 is 57.9 Å². The number of rotatable bonds is 7. The van der Waals surface area contributed by atoms with Gasteiger partial charge in [0, 0.05) is 10.4 Å². The molecule has 2 saturated heterocycles. The number of aromatic nitrogens is 1. The molecule has 1 aromatic carbocycles. The number of aromatic hydroxyl groups is 1. The molecule has 2 fully saturated rings. The number of hydrogen-bond donors (Lipinski definition) is 5. The smallest absolute Gasteiger partial charge is 0.339 e. The number of thioether (sulfide) groups is 1. The van der Waals surface area contributed by atoms with Crippen LogP contribution in [-0.2, 0) is 19.1 Å². The standard InChI is InChI=1S/C25H28N4O8S/c1-10-14(24(36)37-5)11(2)26-15(10)19(31)27-16(12-6-8-13(30)9-7-12)20(32)28-17-21(33)29-18(23(34)35)25(3,4)38-22(17)29/h6-9,16-18,22,26,30H,1-5H3,(H,27,31)(H,28,32)(H,34,35)/t16?,17-,18+,22-/m1/s1. The van der Waals surface area contributed by atoms with Gasteiger partial charge in [0.05, 0.1) is 12.7 Å². The monoisotopic (exact) mass is 544 g/mol. The van der Waals surface area contributed by atoms with E-state index in [0.29, 0.717) is 16.8 Å². The van der Waals surface area contributed by atoms with Crippen LogP contribution in [0, 0.1) is 13.8 Å². The number of aryl methyl sites for hydroxylation is 1. The summed E-state index contributed by atoms with van der Waals surface area (Å²) in [4.78, 5) is 67.6. The predicted octanol–water partition coefficient (Wildman–Crippen LogP) is 1.23. The molecule has 0 aliphatic carbocycles. The molecule has 2 aliphatic heterocycles. The number of carboxylic acids is 1. The first-order valence-electron chi connectivity index (χ1n) is 11.7. The molecule has 4 rings (SSSR count). The number of phenolic OH excluding ortho intramolecular Hbond substituents is 1. The van der Waals surface area contributed by atoms with Crippen molar-refractivity contribution in [2.24, 2.45) is 0 Å². The Hall–Kier alpha value is -4.00. The Morgan fingerprint density at radius 1 is 1.16 bits per heavy atom. The van der Waals surface area contributed by atoms with Crippen molar-refractivity contribution in [3.63, 3.8) is 0 Å². The Labute approximate surface area is 222 Å². The molecule has 1 unspecified atom stereocenters. The number of hydrogen-bond acceptors (Lipinski definition) is 8. The number of amides is 3. The van der Waals surface area contributed by atoms with Gasteiger partial charge in [-0.1, -0.05) is 12.1 Å². The van der Waals surface area contributed by atoms with Crippen molar-refractivity contribution >= 4 is 41.4 Å². The zero-order valence-electron chi connectivity index (χ0n) is 21.3. The summed E-state index contributed by atoms with van der Waals surface area (Å²) >= 11 is 1.28. The zero-order valence-corrected chi connectivity index (χ0v) is 22.1. The van der Waals surface area contributed by atoms with Crippen LogP contribution < -0.4 is 10.6 Å². The third-order valence-corrected chi connectivity index (χ3v) is 8.36. The minimum absolute atomic E-state index is 0.0492. The van der Waals surface area contributed by atoms with Gasteiger partial charge in [-0.2, -0.15) is 0 Å². The lowest BCUT2D eigenvalue weighted by molar-refractivity contribution is -0.161. The van der Waals surface area contributed by atoms with Gasteiger partial charge in [-0.15, -0.1) is 11.8 Å². The molecule has 13 heteroatoms. The van der Waals surface area contributed by atoms with E-state index in [0.717, 1.165) is 0 Å². The third kappa shape index (κ3) is 4.46. The van der Waals surface area contributed by atoms with Crippen LogP contribution in [0.5, 0.6) is 5.75 Å². The SMILES string of the molecule is COC(=O)c1c(C)[nH]c(C(=O)NC(C(=O)N[C@@H]2C(=O)N3[C@@H]2SC(C)(C)[C@@H]3C(=O)O)c2ccc(O)cc2)c1C. The number of aromatic amines is 1. The predicted molar refractivity (Wildman–Crippen MR) is 136 cm³/mol. The van der Waals surface area contributed by atoms with Gasteiger partial charge in [0.15, 0.2) is 0 Å². The fourth-order valence-electron chi connectivity index (χ4n) is 4.94. The summed E-state index contributed by atoms with van der Waals surface area (Å²) in [7, 11) is 1.23. The van der Waals surface area contributed by atoms with E-state index in [4.69, 9.17) is 4.74 Å². The molecule has 4 atom stereocenters. The molecule has 38 heavy (non-hydrogen) atoms. The molecule has 3 amide bonds. The van der Waals surface area contributed by atoms with Crippen LogP contribution in [0.4, 0.5) is 0 Å². The fraction of sp³-hybridized carbons (Fsp3) is 0.400. The molecule has 2 aromatic rings. The Balaban J connectivity index is 1.59. The third-order valence-electron chi connectivity index (χ3n) is 6.79. The molecule has 0 spiro atoms. The normalized spacial score (nSPS) is 22.2. The second-order valence-corrected chi connectivity index (χ2v) is 11.5. The van der Waals surface area contributed by atoms with Crippen LogP contribution in [0.15, 0.2) is 24.3 Å². The number of ether oxygens (including phenoxy) is 1. The Morgan fingerprint density at radius 2 is 1.79 bits per heavy atom. The minimum atomic E-state index is -1.27. The van der Waals surface area contributed by atoms with E-state index in [9.17, 15) is 34.2 Å². The van der Waals surface area contributed by atoms with Gasteiger partial charge < -0.3 is 35.5 Å². The van der Waals surface area contributed by atoms with Crippen molar-refractivity contribution in [2.45, 2.75) is 55.9 Å². The summed E-state index contributed by atoms with van der Waals surface area (Å²) in [6.07, 6.45) is 0. The van der Waals surface area contributed by atoms with Gasteiger partial charge in [-0.25, -0.2) is 9.59 Å². The lowest BCUT2D eigenvalue weighted by Gasteiger charge is -2.44. The molecular formula is C25H28N4O8S. The summed E-state index contributed by atoms with van der Waals surface area (Å²) in [5.74, 6) is -3.70. The van der Waals surface area contributed by atoms with Gasteiger partial charge in [0.25, 0.3) is 5.91 Å². The molecule has 0 radical (unpaired) electrons. The number of phenols is 1. The second kappa shape index (κ2) is 9.71. The molecule has 12 nitrogen and oxygen atoms in total. The quantitative estimate of drug-likeness (QED) is 0.253. The fourth-order valence-corrected chi connectivity index (χ4v) is 6.56. The van der Waals surface area contributed by atoms with Crippen LogP contribution in [0.1, 0.15) is 57.6 Å². The molecule has 2 aliphatic rings. The van der Waals surface area contributed by atoms with Crippen LogP contribution in [-0.4, -0.2) is 79.1 Å². The van der Waals surface area contributed by atoms with E-state index in [1.54, 1.807) is 27.7 Å². The number of carbonyl (C=O) groups excluding carboxylic acids is 4. The second-order valence-electron chi connectivity index (χ2n) is 9.70. The average Bonchev–Trinajstić information content (AvgIpc) is 3.30. The first-order chi connectivity index (χ1) is 17.8. The van der Waals surface area contributed by atoms with E-state index in [2.05, 4.69) is 15.6 Å². The number of H-pyrrole nitrogens is 1. The van der Waals surface area contributed by atoms with Crippen LogP contribution >= 0.6 is 11.8 Å². The van der Waals surface area contributed by atoms with Gasteiger partial charge in [0.1, 0.15) is 34.9 Å². The molecule has 0 saturated carbocycles. The number of carbonyl (C=O) groups is 5. The maximum Gasteiger partial charge on any atom is 0.339 e. The maximum absolute atomic E-state index is 13.5. The van der Waals surface area contributed by atoms with Crippen molar-refractivity contribution in [3.05, 3.63) is 52.3 Å². The molecule has 5 N–H and O–H groups in total. The van der Waals surface area contributed by atoms with Gasteiger partial charge >= 0.3 is 11.9 Å². The molecule has 3 heterocycles. The lowest BCUT2D eigenvalue weighted by atomic mass is 9.95. The molecule has 202 valence electrons. The average molecular weight is 545 g/mol. The highest BCUT2D eigenvalue weighted by molar-refractivity contribution is 8.01. The maximum atomic E-state index is 13.5. The van der Waals surface area contributed by atoms with Crippen LogP contribution in [0.3, 0.4) is 0 Å². The van der Waals surface area contributed by atoms with Gasteiger partial charge in [0.2, 0.25) is 11.8 Å². The number of fused-ring (bicyclic) bond motifs is 1. The van der Waals surface area contributed by atoms with Gasteiger partial charge in [-0.05, 0) is 51.0 Å².